The van der Waals surface area contributed by atoms with Gasteiger partial charge >= 0.3 is 0 Å². The number of para-hydroxylation sites is 2. The zero-order valence-electron chi connectivity index (χ0n) is 25.5. The van der Waals surface area contributed by atoms with Gasteiger partial charge in [0.1, 0.15) is 11.5 Å². The second-order valence-electron chi connectivity index (χ2n) is 13.4. The summed E-state index contributed by atoms with van der Waals surface area (Å²) in [4.78, 5) is 0. The van der Waals surface area contributed by atoms with Crippen molar-refractivity contribution in [2.45, 2.75) is 71.6 Å². The second kappa shape index (κ2) is 11.1. The molecule has 1 N–H and O–H groups in total. The van der Waals surface area contributed by atoms with Crippen LogP contribution in [-0.2, 0) is 16.4 Å². The Morgan fingerprint density at radius 3 is 1.73 bits per heavy atom. The first-order valence-corrected chi connectivity index (χ1v) is 16.8. The molecule has 1 aliphatic rings. The van der Waals surface area contributed by atoms with E-state index in [1.807, 2.05) is 20.8 Å². The summed E-state index contributed by atoms with van der Waals surface area (Å²) in [5, 5.41) is 3.79. The molecule has 4 aromatic carbocycles. The predicted molar refractivity (Wildman–Crippen MR) is 177 cm³/mol. The maximum absolute atomic E-state index is 13.4. The Morgan fingerprint density at radius 1 is 0.707 bits per heavy atom. The summed E-state index contributed by atoms with van der Waals surface area (Å²) in [7, 11) is -2.10. The van der Waals surface area contributed by atoms with Gasteiger partial charge in [-0.3, -0.25) is 0 Å². The molecule has 0 saturated carbocycles. The molecule has 0 amide bonds. The molecule has 4 aromatic rings. The second-order valence-corrected chi connectivity index (χ2v) is 17.6. The van der Waals surface area contributed by atoms with E-state index in [1.54, 1.807) is 0 Å². The third-order valence-electron chi connectivity index (χ3n) is 7.82. The van der Waals surface area contributed by atoms with Gasteiger partial charge in [-0.05, 0) is 44.7 Å². The maximum Gasteiger partial charge on any atom is 0.139 e. The number of hydrogen-bond donors (Lipinski definition) is 1. The van der Waals surface area contributed by atoms with Crippen molar-refractivity contribution >= 4 is 34.8 Å². The summed E-state index contributed by atoms with van der Waals surface area (Å²) < 4.78 is 23.6. The Morgan fingerprint density at radius 2 is 1.22 bits per heavy atom. The minimum atomic E-state index is -1.24. The molecule has 41 heavy (non-hydrogen) atoms. The molecule has 0 radical (unpaired) electrons. The minimum absolute atomic E-state index is 0.174. The smallest absolute Gasteiger partial charge is 0.139 e. The molecule has 1 heterocycles. The van der Waals surface area contributed by atoms with Gasteiger partial charge in [0.15, 0.2) is 0 Å². The Bertz CT molecular complexity index is 1510. The number of ether oxygens (including phenoxy) is 1. The van der Waals surface area contributed by atoms with Gasteiger partial charge in [0.25, 0.3) is 0 Å². The largest absolute Gasteiger partial charge is 0.456 e. The molecular formula is C36H42NO2PS. The third kappa shape index (κ3) is 5.80. The van der Waals surface area contributed by atoms with Gasteiger partial charge in [-0.2, -0.15) is 0 Å². The molecule has 2 atom stereocenters. The fraction of sp³-hybridized carbons (Fsp3) is 0.333. The van der Waals surface area contributed by atoms with Crippen molar-refractivity contribution in [2.75, 3.05) is 0 Å². The summed E-state index contributed by atoms with van der Waals surface area (Å²) in [6, 6.07) is 34.5. The van der Waals surface area contributed by atoms with Gasteiger partial charge in [-0.25, -0.2) is 8.93 Å². The highest BCUT2D eigenvalue weighted by Gasteiger charge is 2.41. The molecule has 0 bridgehead atoms. The summed E-state index contributed by atoms with van der Waals surface area (Å²) in [6.07, 6.45) is 0. The van der Waals surface area contributed by atoms with E-state index in [1.165, 1.54) is 21.5 Å². The molecule has 0 aromatic heterocycles. The highest BCUT2D eigenvalue weighted by Crippen LogP contribution is 2.53. The van der Waals surface area contributed by atoms with E-state index in [2.05, 4.69) is 136 Å². The Balaban J connectivity index is 1.71. The van der Waals surface area contributed by atoms with Gasteiger partial charge in [-0.15, -0.1) is 0 Å². The molecule has 0 spiro atoms. The molecule has 5 rings (SSSR count). The van der Waals surface area contributed by atoms with Gasteiger partial charge in [0.05, 0.1) is 21.8 Å². The molecular weight excluding hydrogens is 541 g/mol. The summed E-state index contributed by atoms with van der Waals surface area (Å²) >= 11 is 0. The number of rotatable bonds is 6. The summed E-state index contributed by atoms with van der Waals surface area (Å²) in [5.74, 6) is 1.83. The van der Waals surface area contributed by atoms with Crippen molar-refractivity contribution < 1.29 is 8.95 Å². The molecule has 3 nitrogen and oxygen atoms in total. The molecule has 5 heteroatoms. The van der Waals surface area contributed by atoms with Crippen molar-refractivity contribution in [3.8, 4) is 11.5 Å². The lowest BCUT2D eigenvalue weighted by molar-refractivity contribution is 0.297. The van der Waals surface area contributed by atoms with E-state index in [0.29, 0.717) is 0 Å². The van der Waals surface area contributed by atoms with Gasteiger partial charge in [0, 0.05) is 27.4 Å². The average Bonchev–Trinajstić information content (AvgIpc) is 2.92. The van der Waals surface area contributed by atoms with Gasteiger partial charge in [0.2, 0.25) is 0 Å². The van der Waals surface area contributed by atoms with E-state index >= 15 is 0 Å². The standard InChI is InChI=1S/C36H42NO2PS/c1-34(2,3)33(37-41(38)35(4,5)6)27-21-15-22-28-31(27)39-32-29(36(28,7)8)23-16-24-30(32)40(25-17-11-9-12-18-25)26-19-13-10-14-20-26/h9-24,33,37H,1-8H3/t33-,41-/m0/s1. The first-order valence-electron chi connectivity index (χ1n) is 14.3. The summed E-state index contributed by atoms with van der Waals surface area (Å²) in [6.45, 7) is 17.2. The van der Waals surface area contributed by atoms with E-state index in [9.17, 15) is 4.21 Å². The van der Waals surface area contributed by atoms with Crippen LogP contribution in [0.3, 0.4) is 0 Å². The molecule has 1 aliphatic heterocycles. The summed E-state index contributed by atoms with van der Waals surface area (Å²) in [5.41, 5.74) is 2.90. The fourth-order valence-electron chi connectivity index (χ4n) is 5.51. The minimum Gasteiger partial charge on any atom is -0.456 e. The normalized spacial score (nSPS) is 15.9. The van der Waals surface area contributed by atoms with Crippen molar-refractivity contribution in [2.24, 2.45) is 5.41 Å². The number of fused-ring (bicyclic) bond motifs is 2. The van der Waals surface area contributed by atoms with Crippen LogP contribution < -0.4 is 25.4 Å². The van der Waals surface area contributed by atoms with Gasteiger partial charge < -0.3 is 4.74 Å². The van der Waals surface area contributed by atoms with Crippen LogP contribution in [-0.4, -0.2) is 8.96 Å². The first-order chi connectivity index (χ1) is 19.3. The van der Waals surface area contributed by atoms with Crippen LogP contribution in [0.25, 0.3) is 0 Å². The van der Waals surface area contributed by atoms with Crippen LogP contribution in [0.5, 0.6) is 11.5 Å². The Labute approximate surface area is 250 Å². The lowest BCUT2D eigenvalue weighted by Gasteiger charge is -2.40. The van der Waals surface area contributed by atoms with Crippen molar-refractivity contribution in [1.29, 1.82) is 0 Å². The van der Waals surface area contributed by atoms with Crippen LogP contribution >= 0.6 is 7.92 Å². The number of nitrogens with one attached hydrogen (secondary N) is 1. The highest BCUT2D eigenvalue weighted by atomic mass is 32.2. The monoisotopic (exact) mass is 583 g/mol. The molecule has 0 aliphatic carbocycles. The van der Waals surface area contributed by atoms with E-state index in [-0.39, 0.29) is 21.6 Å². The Kier molecular flexibility index (Phi) is 8.07. The SMILES string of the molecule is CC1(C)c2cccc([C@H](N[S@@](=O)C(C)(C)C)C(C)(C)C)c2Oc2c(P(c3ccccc3)c3ccccc3)cccc21. The zero-order valence-corrected chi connectivity index (χ0v) is 27.2. The third-order valence-corrected chi connectivity index (χ3v) is 11.8. The van der Waals surface area contributed by atoms with Crippen LogP contribution in [0.15, 0.2) is 97.1 Å². The van der Waals surface area contributed by atoms with E-state index in [0.717, 1.165) is 22.6 Å². The quantitative estimate of drug-likeness (QED) is 0.234. The fourth-order valence-corrected chi connectivity index (χ4v) is 8.96. The number of benzene rings is 4. The number of hydrogen-bond acceptors (Lipinski definition) is 2. The predicted octanol–water partition coefficient (Wildman–Crippen LogP) is 8.02. The van der Waals surface area contributed by atoms with E-state index < -0.39 is 18.9 Å². The zero-order chi connectivity index (χ0) is 29.6. The molecule has 214 valence electrons. The molecule has 0 unspecified atom stereocenters. The van der Waals surface area contributed by atoms with Crippen LogP contribution in [0, 0.1) is 5.41 Å². The van der Waals surface area contributed by atoms with E-state index in [4.69, 9.17) is 4.74 Å². The molecule has 0 saturated heterocycles. The van der Waals surface area contributed by atoms with Gasteiger partial charge in [-0.1, -0.05) is 132 Å². The maximum atomic E-state index is 13.4. The molecule has 0 fully saturated rings. The van der Waals surface area contributed by atoms with Crippen molar-refractivity contribution in [1.82, 2.24) is 4.72 Å². The average molecular weight is 584 g/mol. The lowest BCUT2D eigenvalue weighted by atomic mass is 9.73. The van der Waals surface area contributed by atoms with Crippen LogP contribution in [0.1, 0.15) is 78.1 Å². The van der Waals surface area contributed by atoms with Crippen molar-refractivity contribution in [3.05, 3.63) is 114 Å². The van der Waals surface area contributed by atoms with Crippen LogP contribution in [0.4, 0.5) is 0 Å². The Hall–Kier alpha value is -2.78. The van der Waals surface area contributed by atoms with Crippen molar-refractivity contribution in [3.63, 3.8) is 0 Å². The topological polar surface area (TPSA) is 38.3 Å². The highest BCUT2D eigenvalue weighted by molar-refractivity contribution is 7.84. The lowest BCUT2D eigenvalue weighted by Crippen LogP contribution is -2.41. The first kappa shape index (κ1) is 29.7. The van der Waals surface area contributed by atoms with Crippen LogP contribution in [0.2, 0.25) is 0 Å².